The van der Waals surface area contributed by atoms with Crippen molar-refractivity contribution in [2.75, 3.05) is 0 Å². The summed E-state index contributed by atoms with van der Waals surface area (Å²) in [6.07, 6.45) is 0. The molecule has 1 aliphatic rings. The van der Waals surface area contributed by atoms with Crippen molar-refractivity contribution in [1.29, 1.82) is 0 Å². The Morgan fingerprint density at radius 3 is 1.60 bits per heavy atom. The van der Waals surface area contributed by atoms with Crippen LogP contribution in [-0.4, -0.2) is 10.7 Å². The van der Waals surface area contributed by atoms with E-state index < -0.39 is 5.60 Å². The van der Waals surface area contributed by atoms with Crippen LogP contribution in [0.3, 0.4) is 0 Å². The second-order valence-corrected chi connectivity index (χ2v) is 6.68. The van der Waals surface area contributed by atoms with Crippen LogP contribution in [0.25, 0.3) is 11.1 Å². The van der Waals surface area contributed by atoms with Crippen molar-refractivity contribution in [1.82, 2.24) is 0 Å². The molecule has 3 rings (SSSR count). The van der Waals surface area contributed by atoms with Crippen molar-refractivity contribution >= 4 is 0 Å². The van der Waals surface area contributed by atoms with Crippen LogP contribution in [0, 0.1) is 13.8 Å². The minimum atomic E-state index is -0.811. The number of rotatable bonds is 1. The third kappa shape index (κ3) is 1.47. The van der Waals surface area contributed by atoms with Crippen LogP contribution in [0.4, 0.5) is 0 Å². The lowest BCUT2D eigenvalue weighted by atomic mass is 9.68. The molecule has 0 bridgehead atoms. The van der Waals surface area contributed by atoms with Crippen molar-refractivity contribution in [3.05, 3.63) is 58.7 Å². The van der Waals surface area contributed by atoms with E-state index in [-0.39, 0.29) is 5.41 Å². The molecule has 0 fully saturated rings. The van der Waals surface area contributed by atoms with Crippen LogP contribution >= 0.6 is 0 Å². The summed E-state index contributed by atoms with van der Waals surface area (Å²) in [5.74, 6) is 0. The maximum atomic E-state index is 10.9. The van der Waals surface area contributed by atoms with Crippen molar-refractivity contribution in [3.63, 3.8) is 0 Å². The highest BCUT2D eigenvalue weighted by molar-refractivity contribution is 5.85. The second-order valence-electron chi connectivity index (χ2n) is 6.68. The first kappa shape index (κ1) is 13.4. The summed E-state index contributed by atoms with van der Waals surface area (Å²) in [7, 11) is 0. The van der Waals surface area contributed by atoms with Crippen molar-refractivity contribution in [2.24, 2.45) is 0 Å². The Kier molecular flexibility index (Phi) is 2.65. The Morgan fingerprint density at radius 2 is 1.25 bits per heavy atom. The fourth-order valence-corrected chi connectivity index (χ4v) is 3.64. The summed E-state index contributed by atoms with van der Waals surface area (Å²) >= 11 is 0. The van der Waals surface area contributed by atoms with Gasteiger partial charge in [0.25, 0.3) is 0 Å². The largest absolute Gasteiger partial charge is 0.389 e. The standard InChI is InChI=1S/C19H22O/c1-12-8-6-10-14-16(12)17-13(2)9-7-11-15(17)19(14,5)18(3,4)20/h6-11,20H,1-5H3. The molecule has 0 unspecified atom stereocenters. The summed E-state index contributed by atoms with van der Waals surface area (Å²) in [4.78, 5) is 0. The van der Waals surface area contributed by atoms with Gasteiger partial charge < -0.3 is 5.11 Å². The fraction of sp³-hybridized carbons (Fsp3) is 0.368. The minimum absolute atomic E-state index is 0.365. The summed E-state index contributed by atoms with van der Waals surface area (Å²) < 4.78 is 0. The van der Waals surface area contributed by atoms with Gasteiger partial charge in [-0.25, -0.2) is 0 Å². The van der Waals surface area contributed by atoms with Gasteiger partial charge in [-0.15, -0.1) is 0 Å². The number of hydrogen-bond acceptors (Lipinski definition) is 1. The van der Waals surface area contributed by atoms with Gasteiger partial charge in [-0.1, -0.05) is 36.4 Å². The van der Waals surface area contributed by atoms with Gasteiger partial charge in [-0.3, -0.25) is 0 Å². The molecule has 0 amide bonds. The number of benzene rings is 2. The van der Waals surface area contributed by atoms with E-state index in [0.717, 1.165) is 0 Å². The SMILES string of the molecule is Cc1cccc2c1-c1c(C)cccc1C2(C)C(C)(C)O. The van der Waals surface area contributed by atoms with Crippen LogP contribution in [0.2, 0.25) is 0 Å². The van der Waals surface area contributed by atoms with Crippen molar-refractivity contribution in [3.8, 4) is 11.1 Å². The maximum Gasteiger partial charge on any atom is 0.0726 e. The first-order chi connectivity index (χ1) is 9.28. The van der Waals surface area contributed by atoms with E-state index in [0.29, 0.717) is 0 Å². The monoisotopic (exact) mass is 266 g/mol. The van der Waals surface area contributed by atoms with Crippen molar-refractivity contribution < 1.29 is 5.11 Å². The average molecular weight is 266 g/mol. The molecule has 0 aliphatic heterocycles. The molecule has 104 valence electrons. The Bertz CT molecular complexity index is 638. The lowest BCUT2D eigenvalue weighted by Crippen LogP contribution is -2.44. The zero-order valence-corrected chi connectivity index (χ0v) is 12.9. The molecule has 0 heterocycles. The molecule has 0 spiro atoms. The molecule has 0 aromatic heterocycles. The first-order valence-corrected chi connectivity index (χ1v) is 7.21. The molecular weight excluding hydrogens is 244 g/mol. The third-order valence-corrected chi connectivity index (χ3v) is 5.10. The van der Waals surface area contributed by atoms with Gasteiger partial charge in [-0.2, -0.15) is 0 Å². The number of aryl methyl sites for hydroxylation is 2. The molecular formula is C19H22O. The quantitative estimate of drug-likeness (QED) is 0.813. The van der Waals surface area contributed by atoms with E-state index in [1.807, 2.05) is 13.8 Å². The van der Waals surface area contributed by atoms with Crippen LogP contribution < -0.4 is 0 Å². The molecule has 1 aliphatic carbocycles. The Balaban J connectivity index is 2.50. The van der Waals surface area contributed by atoms with Gasteiger partial charge in [0.2, 0.25) is 0 Å². The van der Waals surface area contributed by atoms with E-state index in [1.165, 1.54) is 33.4 Å². The zero-order valence-electron chi connectivity index (χ0n) is 12.9. The highest BCUT2D eigenvalue weighted by Gasteiger charge is 2.49. The molecule has 1 N–H and O–H groups in total. The Morgan fingerprint density at radius 1 is 0.850 bits per heavy atom. The fourth-order valence-electron chi connectivity index (χ4n) is 3.64. The van der Waals surface area contributed by atoms with E-state index in [1.54, 1.807) is 0 Å². The number of hydrogen-bond donors (Lipinski definition) is 1. The van der Waals surface area contributed by atoms with Crippen LogP contribution in [0.5, 0.6) is 0 Å². The second kappa shape index (κ2) is 3.95. The van der Waals surface area contributed by atoms with Crippen LogP contribution in [-0.2, 0) is 5.41 Å². The van der Waals surface area contributed by atoms with E-state index >= 15 is 0 Å². The predicted molar refractivity (Wildman–Crippen MR) is 84.1 cm³/mol. The summed E-state index contributed by atoms with van der Waals surface area (Å²) in [6, 6.07) is 12.8. The molecule has 0 saturated carbocycles. The third-order valence-electron chi connectivity index (χ3n) is 5.10. The molecule has 0 atom stereocenters. The number of fused-ring (bicyclic) bond motifs is 3. The van der Waals surface area contributed by atoms with E-state index in [4.69, 9.17) is 0 Å². The number of aliphatic hydroxyl groups is 1. The van der Waals surface area contributed by atoms with Gasteiger partial charge in [0.1, 0.15) is 0 Å². The summed E-state index contributed by atoms with van der Waals surface area (Å²) in [5, 5.41) is 10.9. The highest BCUT2D eigenvalue weighted by atomic mass is 16.3. The molecule has 20 heavy (non-hydrogen) atoms. The Hall–Kier alpha value is -1.60. The van der Waals surface area contributed by atoms with Crippen molar-refractivity contribution in [2.45, 2.75) is 45.6 Å². The first-order valence-electron chi connectivity index (χ1n) is 7.21. The molecule has 2 aromatic carbocycles. The van der Waals surface area contributed by atoms with Gasteiger partial charge in [0.15, 0.2) is 0 Å². The summed E-state index contributed by atoms with van der Waals surface area (Å²) in [5.41, 5.74) is 6.50. The molecule has 1 heteroatoms. The van der Waals surface area contributed by atoms with Gasteiger partial charge in [0, 0.05) is 5.41 Å². The molecule has 0 saturated heterocycles. The van der Waals surface area contributed by atoms with Gasteiger partial charge >= 0.3 is 0 Å². The van der Waals surface area contributed by atoms with Crippen LogP contribution in [0.1, 0.15) is 43.0 Å². The Labute approximate surface area is 121 Å². The molecule has 1 nitrogen and oxygen atoms in total. The summed E-state index contributed by atoms with van der Waals surface area (Å²) in [6.45, 7) is 10.3. The normalized spacial score (nSPS) is 15.9. The smallest absolute Gasteiger partial charge is 0.0726 e. The molecule has 2 aromatic rings. The zero-order chi connectivity index (χ0) is 14.7. The van der Waals surface area contributed by atoms with E-state index in [9.17, 15) is 5.11 Å². The topological polar surface area (TPSA) is 20.2 Å². The lowest BCUT2D eigenvalue weighted by molar-refractivity contribution is 0.0216. The van der Waals surface area contributed by atoms with E-state index in [2.05, 4.69) is 57.2 Å². The maximum absolute atomic E-state index is 10.9. The van der Waals surface area contributed by atoms with Gasteiger partial charge in [-0.05, 0) is 68.0 Å². The lowest BCUT2D eigenvalue weighted by Gasteiger charge is -2.39. The van der Waals surface area contributed by atoms with Gasteiger partial charge in [0.05, 0.1) is 5.60 Å². The minimum Gasteiger partial charge on any atom is -0.389 e. The average Bonchev–Trinajstić information content (AvgIpc) is 2.63. The predicted octanol–water partition coefficient (Wildman–Crippen LogP) is 4.36. The van der Waals surface area contributed by atoms with Crippen LogP contribution in [0.15, 0.2) is 36.4 Å². The highest BCUT2D eigenvalue weighted by Crippen LogP contribution is 2.55. The molecule has 0 radical (unpaired) electrons.